The Morgan fingerprint density at radius 2 is 1.83 bits per heavy atom. The third-order valence-corrected chi connectivity index (χ3v) is 7.23. The molecule has 1 atom stereocenters. The Kier molecular flexibility index (Phi) is 5.93. The predicted molar refractivity (Wildman–Crippen MR) is 120 cm³/mol. The number of benzene rings is 1. The molecule has 2 amide bonds. The monoisotopic (exact) mass is 426 g/mol. The van der Waals surface area contributed by atoms with Gasteiger partial charge >= 0.3 is 0 Å². The van der Waals surface area contributed by atoms with Gasteiger partial charge in [0.25, 0.3) is 5.91 Å². The minimum Gasteiger partial charge on any atom is -0.352 e. The Morgan fingerprint density at radius 1 is 1.13 bits per heavy atom. The predicted octanol–water partition coefficient (Wildman–Crippen LogP) is 3.16. The van der Waals surface area contributed by atoms with Gasteiger partial charge in [-0.3, -0.25) is 14.5 Å². The van der Waals surface area contributed by atoms with E-state index in [2.05, 4.69) is 42.3 Å². The summed E-state index contributed by atoms with van der Waals surface area (Å²) >= 11 is 1.48. The first-order chi connectivity index (χ1) is 14.3. The van der Waals surface area contributed by atoms with Gasteiger partial charge in [-0.1, -0.05) is 23.8 Å². The number of nitrogens with zero attached hydrogens (tertiary/aromatic N) is 3. The SMILES string of the molecule is Cc1ccc(-c2nc(C)c(C(=O)N3CCN(C(C)C(=O)NC4CC4)CC3)s2)c(C)c1. The number of hydrogen-bond donors (Lipinski definition) is 1. The highest BCUT2D eigenvalue weighted by atomic mass is 32.1. The van der Waals surface area contributed by atoms with Crippen LogP contribution in [0.2, 0.25) is 0 Å². The lowest BCUT2D eigenvalue weighted by Gasteiger charge is -2.37. The van der Waals surface area contributed by atoms with E-state index in [0.717, 1.165) is 34.0 Å². The summed E-state index contributed by atoms with van der Waals surface area (Å²) in [5.74, 6) is 0.157. The number of carbonyl (C=O) groups is 2. The summed E-state index contributed by atoms with van der Waals surface area (Å²) in [6.07, 6.45) is 2.19. The molecule has 2 aromatic rings. The molecule has 4 rings (SSSR count). The number of nitrogens with one attached hydrogen (secondary N) is 1. The standard InChI is InChI=1S/C23H30N4O2S/c1-14-5-8-19(15(2)13-14)22-24-16(3)20(30-22)23(29)27-11-9-26(10-12-27)17(4)21(28)25-18-6-7-18/h5,8,13,17-18H,6-7,9-12H2,1-4H3,(H,25,28). The smallest absolute Gasteiger partial charge is 0.265 e. The summed E-state index contributed by atoms with van der Waals surface area (Å²) in [5, 5.41) is 3.98. The molecule has 160 valence electrons. The van der Waals surface area contributed by atoms with Crippen LogP contribution in [-0.4, -0.2) is 64.9 Å². The highest BCUT2D eigenvalue weighted by Crippen LogP contribution is 2.31. The molecule has 1 saturated heterocycles. The second-order valence-electron chi connectivity index (χ2n) is 8.54. The van der Waals surface area contributed by atoms with Crippen LogP contribution in [0.1, 0.15) is 46.3 Å². The van der Waals surface area contributed by atoms with Gasteiger partial charge in [-0.15, -0.1) is 11.3 Å². The first-order valence-electron chi connectivity index (χ1n) is 10.7. The van der Waals surface area contributed by atoms with Gasteiger partial charge in [0.2, 0.25) is 5.91 Å². The number of thiazole rings is 1. The molecule has 7 heteroatoms. The molecule has 1 aromatic heterocycles. The van der Waals surface area contributed by atoms with Crippen molar-refractivity contribution in [2.45, 2.75) is 52.6 Å². The summed E-state index contributed by atoms with van der Waals surface area (Å²) in [5.41, 5.74) is 4.28. The van der Waals surface area contributed by atoms with Gasteiger partial charge < -0.3 is 10.2 Å². The van der Waals surface area contributed by atoms with Crippen LogP contribution in [-0.2, 0) is 4.79 Å². The van der Waals surface area contributed by atoms with E-state index in [1.54, 1.807) is 0 Å². The number of aromatic nitrogens is 1. The molecule has 1 aliphatic carbocycles. The fourth-order valence-electron chi connectivity index (χ4n) is 3.93. The van der Waals surface area contributed by atoms with Gasteiger partial charge in [-0.25, -0.2) is 4.98 Å². The molecule has 1 saturated carbocycles. The Labute approximate surface area is 182 Å². The minimum absolute atomic E-state index is 0.0516. The Balaban J connectivity index is 1.40. The molecule has 30 heavy (non-hydrogen) atoms. The zero-order chi connectivity index (χ0) is 21.4. The number of hydrogen-bond acceptors (Lipinski definition) is 5. The average Bonchev–Trinajstić information content (AvgIpc) is 3.46. The summed E-state index contributed by atoms with van der Waals surface area (Å²) in [6, 6.07) is 6.55. The topological polar surface area (TPSA) is 65.5 Å². The van der Waals surface area contributed by atoms with Gasteiger partial charge in [-0.2, -0.15) is 0 Å². The van der Waals surface area contributed by atoms with E-state index >= 15 is 0 Å². The van der Waals surface area contributed by atoms with E-state index < -0.39 is 0 Å². The Bertz CT molecular complexity index is 958. The molecule has 1 aliphatic heterocycles. The summed E-state index contributed by atoms with van der Waals surface area (Å²) in [4.78, 5) is 35.0. The first-order valence-corrected chi connectivity index (χ1v) is 11.5. The van der Waals surface area contributed by atoms with E-state index in [1.807, 2.05) is 18.7 Å². The largest absolute Gasteiger partial charge is 0.352 e. The maximum Gasteiger partial charge on any atom is 0.265 e. The third-order valence-electron chi connectivity index (χ3n) is 6.06. The Morgan fingerprint density at radius 3 is 2.47 bits per heavy atom. The molecular weight excluding hydrogens is 396 g/mol. The number of carbonyl (C=O) groups excluding carboxylic acids is 2. The molecule has 2 fully saturated rings. The second kappa shape index (κ2) is 8.47. The van der Waals surface area contributed by atoms with Crippen molar-refractivity contribution in [3.05, 3.63) is 39.9 Å². The van der Waals surface area contributed by atoms with Crippen molar-refractivity contribution in [2.75, 3.05) is 26.2 Å². The molecule has 0 bridgehead atoms. The number of amides is 2. The molecule has 2 aliphatic rings. The maximum atomic E-state index is 13.2. The van der Waals surface area contributed by atoms with Gasteiger partial charge in [0.1, 0.15) is 9.88 Å². The molecule has 0 radical (unpaired) electrons. The molecule has 2 heterocycles. The van der Waals surface area contributed by atoms with Crippen molar-refractivity contribution < 1.29 is 9.59 Å². The fourth-order valence-corrected chi connectivity index (χ4v) is 5.06. The van der Waals surface area contributed by atoms with Crippen molar-refractivity contribution in [3.63, 3.8) is 0 Å². The number of piperazine rings is 1. The molecule has 0 spiro atoms. The van der Waals surface area contributed by atoms with Crippen LogP contribution >= 0.6 is 11.3 Å². The van der Waals surface area contributed by atoms with Gasteiger partial charge in [0, 0.05) is 37.8 Å². The van der Waals surface area contributed by atoms with E-state index in [9.17, 15) is 9.59 Å². The zero-order valence-electron chi connectivity index (χ0n) is 18.2. The molecular formula is C23H30N4O2S. The van der Waals surface area contributed by atoms with Crippen LogP contribution < -0.4 is 5.32 Å². The van der Waals surface area contributed by atoms with Crippen molar-refractivity contribution in [3.8, 4) is 10.6 Å². The van der Waals surface area contributed by atoms with Crippen molar-refractivity contribution in [1.29, 1.82) is 0 Å². The summed E-state index contributed by atoms with van der Waals surface area (Å²) in [6.45, 7) is 10.7. The summed E-state index contributed by atoms with van der Waals surface area (Å²) in [7, 11) is 0. The van der Waals surface area contributed by atoms with Gasteiger partial charge in [-0.05, 0) is 46.1 Å². The lowest BCUT2D eigenvalue weighted by Crippen LogP contribution is -2.55. The molecule has 1 aromatic carbocycles. The van der Waals surface area contributed by atoms with Crippen LogP contribution in [0.5, 0.6) is 0 Å². The van der Waals surface area contributed by atoms with Crippen LogP contribution in [0.15, 0.2) is 18.2 Å². The van der Waals surface area contributed by atoms with Crippen LogP contribution in [0.4, 0.5) is 0 Å². The normalized spacial score (nSPS) is 18.3. The van der Waals surface area contributed by atoms with Crippen LogP contribution in [0.3, 0.4) is 0 Å². The highest BCUT2D eigenvalue weighted by molar-refractivity contribution is 7.17. The van der Waals surface area contributed by atoms with Gasteiger partial charge in [0.05, 0.1) is 11.7 Å². The maximum absolute atomic E-state index is 13.2. The number of aryl methyl sites for hydroxylation is 3. The fraction of sp³-hybridized carbons (Fsp3) is 0.522. The van der Waals surface area contributed by atoms with Crippen molar-refractivity contribution >= 4 is 23.2 Å². The van der Waals surface area contributed by atoms with Crippen molar-refractivity contribution in [1.82, 2.24) is 20.1 Å². The third kappa shape index (κ3) is 4.42. The van der Waals surface area contributed by atoms with Crippen LogP contribution in [0.25, 0.3) is 10.6 Å². The lowest BCUT2D eigenvalue weighted by atomic mass is 10.1. The Hall–Kier alpha value is -2.25. The molecule has 1 unspecified atom stereocenters. The minimum atomic E-state index is -0.149. The summed E-state index contributed by atoms with van der Waals surface area (Å²) < 4.78 is 0. The van der Waals surface area contributed by atoms with Gasteiger partial charge in [0.15, 0.2) is 0 Å². The van der Waals surface area contributed by atoms with Crippen LogP contribution in [0, 0.1) is 20.8 Å². The van der Waals surface area contributed by atoms with E-state index in [0.29, 0.717) is 32.2 Å². The quantitative estimate of drug-likeness (QED) is 0.798. The molecule has 6 nitrogen and oxygen atoms in total. The van der Waals surface area contributed by atoms with Crippen molar-refractivity contribution in [2.24, 2.45) is 0 Å². The number of rotatable bonds is 5. The van der Waals surface area contributed by atoms with E-state index in [-0.39, 0.29) is 17.9 Å². The average molecular weight is 427 g/mol. The lowest BCUT2D eigenvalue weighted by molar-refractivity contribution is -0.126. The second-order valence-corrected chi connectivity index (χ2v) is 9.54. The zero-order valence-corrected chi connectivity index (χ0v) is 19.0. The first kappa shape index (κ1) is 21.0. The van der Waals surface area contributed by atoms with E-state index in [1.165, 1.54) is 22.5 Å². The molecule has 1 N–H and O–H groups in total. The van der Waals surface area contributed by atoms with E-state index in [4.69, 9.17) is 4.98 Å². The highest BCUT2D eigenvalue weighted by Gasteiger charge is 2.32.